The Kier molecular flexibility index (Phi) is 9.15. The second-order valence-electron chi connectivity index (χ2n) is 15.5. The first-order valence-corrected chi connectivity index (χ1v) is 19.4. The van der Waals surface area contributed by atoms with Crippen LogP contribution < -0.4 is 0 Å². The molecule has 0 aliphatic heterocycles. The second-order valence-corrected chi connectivity index (χ2v) is 19.0. The molecule has 4 saturated carbocycles. The van der Waals surface area contributed by atoms with E-state index in [9.17, 15) is 34.4 Å². The molecule has 250 valence electrons. The largest absolute Gasteiger partial charge is 0.300 e. The average molecular weight is 665 g/mol. The molecule has 44 heavy (non-hydrogen) atoms. The third-order valence-electron chi connectivity index (χ3n) is 13.0. The minimum Gasteiger partial charge on any atom is -0.282 e. The highest BCUT2D eigenvalue weighted by molar-refractivity contribution is 7.92. The smallest absolute Gasteiger partial charge is 0.282 e. The number of hydrogen-bond donors (Lipinski definition) is 1. The Balaban J connectivity index is 1.35. The maximum absolute atomic E-state index is 14.9. The maximum atomic E-state index is 14.9. The van der Waals surface area contributed by atoms with Crippen molar-refractivity contribution in [2.75, 3.05) is 0 Å². The van der Waals surface area contributed by atoms with Crippen LogP contribution in [0.2, 0.25) is 0 Å². The molecule has 0 spiro atoms. The van der Waals surface area contributed by atoms with E-state index in [1.807, 2.05) is 0 Å². The second kappa shape index (κ2) is 11.8. The van der Waals surface area contributed by atoms with E-state index in [4.69, 9.17) is 4.55 Å². The molecule has 1 N–H and O–H groups in total. The Morgan fingerprint density at radius 1 is 0.750 bits per heavy atom. The lowest BCUT2D eigenvalue weighted by Gasteiger charge is -2.61. The molecule has 9 atom stereocenters. The zero-order valence-electron chi connectivity index (χ0n) is 26.5. The van der Waals surface area contributed by atoms with Gasteiger partial charge in [-0.2, -0.15) is 8.42 Å². The van der Waals surface area contributed by atoms with Crippen molar-refractivity contribution >= 4 is 20.0 Å². The third kappa shape index (κ3) is 5.46. The van der Waals surface area contributed by atoms with E-state index in [0.717, 1.165) is 31.6 Å². The van der Waals surface area contributed by atoms with E-state index in [1.165, 1.54) is 32.1 Å². The van der Waals surface area contributed by atoms with Gasteiger partial charge < -0.3 is 0 Å². The molecule has 4 fully saturated rings. The van der Waals surface area contributed by atoms with Crippen molar-refractivity contribution < 1.29 is 39.0 Å². The van der Waals surface area contributed by atoms with Gasteiger partial charge in [-0.1, -0.05) is 53.9 Å². The number of halogens is 4. The lowest BCUT2D eigenvalue weighted by molar-refractivity contribution is -0.113. The molecule has 4 aliphatic rings. The molecule has 0 aromatic heterocycles. The van der Waals surface area contributed by atoms with E-state index in [-0.39, 0.29) is 24.2 Å². The van der Waals surface area contributed by atoms with E-state index in [0.29, 0.717) is 41.4 Å². The van der Waals surface area contributed by atoms with Gasteiger partial charge in [0.05, 0.1) is 5.25 Å². The fourth-order valence-electron chi connectivity index (χ4n) is 10.8. The predicted octanol–water partition coefficient (Wildman–Crippen LogP) is 8.75. The minimum atomic E-state index is -5.68. The summed E-state index contributed by atoms with van der Waals surface area (Å²) in [6.45, 7) is 11.7. The molecule has 1 aromatic rings. The summed E-state index contributed by atoms with van der Waals surface area (Å²) in [4.78, 5) is -4.03. The summed E-state index contributed by atoms with van der Waals surface area (Å²) in [5, 5.41) is -1.26. The van der Waals surface area contributed by atoms with Gasteiger partial charge in [0.25, 0.3) is 0 Å². The third-order valence-corrected chi connectivity index (χ3v) is 16.1. The van der Waals surface area contributed by atoms with Crippen LogP contribution in [0.4, 0.5) is 17.6 Å². The molecule has 5 nitrogen and oxygen atoms in total. The van der Waals surface area contributed by atoms with Gasteiger partial charge in [-0.15, -0.1) is 0 Å². The standard InChI is InChI=1S/C33H48F4O5S2/c1-18(2)7-6-8-19(3)23-11-12-24-22-10-9-20-17-21(13-15-32(20,4)25(22)14-16-33(23,24)5)43(38,39)30-26(34)28(36)31(44(40,41)42)29(37)27(30)35/h18-25H,6-17H2,1-5H3,(H,40,41,42)/t19?,20?,21-,22?,23?,24?,25?,32-,33+/m0/s1. The van der Waals surface area contributed by atoms with Crippen molar-refractivity contribution in [3.63, 3.8) is 0 Å². The highest BCUT2D eigenvalue weighted by Gasteiger charge is 2.61. The van der Waals surface area contributed by atoms with Gasteiger partial charge >= 0.3 is 10.1 Å². The summed E-state index contributed by atoms with van der Waals surface area (Å²) in [6.07, 6.45) is 11.0. The van der Waals surface area contributed by atoms with Crippen molar-refractivity contribution in [3.05, 3.63) is 23.3 Å². The Morgan fingerprint density at radius 3 is 1.91 bits per heavy atom. The van der Waals surface area contributed by atoms with Crippen molar-refractivity contribution in [2.45, 2.75) is 127 Å². The summed E-state index contributed by atoms with van der Waals surface area (Å²) >= 11 is 0. The number of benzene rings is 1. The Bertz CT molecular complexity index is 1470. The van der Waals surface area contributed by atoms with Gasteiger partial charge in [-0.05, 0) is 110 Å². The highest BCUT2D eigenvalue weighted by atomic mass is 32.2. The lowest BCUT2D eigenvalue weighted by atomic mass is 9.44. The monoisotopic (exact) mass is 664 g/mol. The molecule has 0 saturated heterocycles. The quantitative estimate of drug-likeness (QED) is 0.171. The number of hydrogen-bond acceptors (Lipinski definition) is 4. The van der Waals surface area contributed by atoms with Crippen LogP contribution in [0.25, 0.3) is 0 Å². The Morgan fingerprint density at radius 2 is 1.32 bits per heavy atom. The van der Waals surface area contributed by atoms with Gasteiger partial charge in [-0.25, -0.2) is 26.0 Å². The van der Waals surface area contributed by atoms with Crippen LogP contribution in [-0.2, 0) is 20.0 Å². The first kappa shape index (κ1) is 34.1. The molecule has 11 heteroatoms. The van der Waals surface area contributed by atoms with Crippen LogP contribution in [0.5, 0.6) is 0 Å². The first-order chi connectivity index (χ1) is 20.4. The van der Waals surface area contributed by atoms with E-state index >= 15 is 0 Å². The van der Waals surface area contributed by atoms with Crippen molar-refractivity contribution in [1.29, 1.82) is 0 Å². The normalized spacial score (nSPS) is 36.5. The van der Waals surface area contributed by atoms with Crippen molar-refractivity contribution in [2.24, 2.45) is 52.3 Å². The fraction of sp³-hybridized carbons (Fsp3) is 0.818. The zero-order valence-corrected chi connectivity index (χ0v) is 28.1. The minimum absolute atomic E-state index is 0.0216. The topological polar surface area (TPSA) is 88.5 Å². The average Bonchev–Trinajstić information content (AvgIpc) is 3.28. The van der Waals surface area contributed by atoms with Crippen LogP contribution in [0.1, 0.15) is 112 Å². The Hall–Kier alpha value is -1.20. The van der Waals surface area contributed by atoms with Gasteiger partial charge in [0.15, 0.2) is 38.0 Å². The maximum Gasteiger partial charge on any atom is 0.300 e. The molecule has 0 amide bonds. The first-order valence-electron chi connectivity index (χ1n) is 16.4. The molecule has 4 aliphatic carbocycles. The SMILES string of the molecule is CC(C)CCCC(C)C1CCC2C3CCC4C[C@@H](S(=O)(=O)c5c(F)c(F)c(S(=O)(=O)O)c(F)c5F)CC[C@]4(C)C3CC[C@]12C. The summed E-state index contributed by atoms with van der Waals surface area (Å²) in [7, 11) is -10.6. The molecular formula is C33H48F4O5S2. The van der Waals surface area contributed by atoms with E-state index in [1.54, 1.807) is 0 Å². The molecule has 0 bridgehead atoms. The van der Waals surface area contributed by atoms with Crippen molar-refractivity contribution in [3.8, 4) is 0 Å². The van der Waals surface area contributed by atoms with Gasteiger partial charge in [0.2, 0.25) is 0 Å². The molecule has 5 rings (SSSR count). The molecule has 6 unspecified atom stereocenters. The van der Waals surface area contributed by atoms with E-state index < -0.39 is 58.3 Å². The van der Waals surface area contributed by atoms with Crippen LogP contribution in [-0.4, -0.2) is 26.6 Å². The van der Waals surface area contributed by atoms with Gasteiger partial charge in [-0.3, -0.25) is 4.55 Å². The number of sulfone groups is 1. The number of fused-ring (bicyclic) bond motifs is 5. The highest BCUT2D eigenvalue weighted by Crippen LogP contribution is 2.68. The summed E-state index contributed by atoms with van der Waals surface area (Å²) in [5.41, 5.74) is 0.166. The van der Waals surface area contributed by atoms with Crippen LogP contribution in [0, 0.1) is 75.5 Å². The van der Waals surface area contributed by atoms with Crippen LogP contribution >= 0.6 is 0 Å². The summed E-state index contributed by atoms with van der Waals surface area (Å²) in [6, 6.07) is 0. The number of rotatable bonds is 8. The lowest BCUT2D eigenvalue weighted by Crippen LogP contribution is -2.54. The molecular weight excluding hydrogens is 616 g/mol. The molecule has 1 aromatic carbocycles. The molecule has 0 heterocycles. The summed E-state index contributed by atoms with van der Waals surface area (Å²) in [5.74, 6) is -5.82. The fourth-order valence-corrected chi connectivity index (χ4v) is 13.3. The molecule has 0 radical (unpaired) electrons. The zero-order chi connectivity index (χ0) is 32.6. The van der Waals surface area contributed by atoms with Gasteiger partial charge in [0, 0.05) is 0 Å². The van der Waals surface area contributed by atoms with E-state index in [2.05, 4.69) is 34.6 Å². The van der Waals surface area contributed by atoms with Gasteiger partial charge in [0.1, 0.15) is 4.90 Å². The Labute approximate surface area is 260 Å². The van der Waals surface area contributed by atoms with Crippen LogP contribution in [0.3, 0.4) is 0 Å². The van der Waals surface area contributed by atoms with Crippen LogP contribution in [0.15, 0.2) is 9.79 Å². The predicted molar refractivity (Wildman–Crippen MR) is 160 cm³/mol. The summed E-state index contributed by atoms with van der Waals surface area (Å²) < 4.78 is 118. The van der Waals surface area contributed by atoms with Crippen molar-refractivity contribution in [1.82, 2.24) is 0 Å².